The number of hydrogen-bond acceptors (Lipinski definition) is 1. The fraction of sp³-hybridized carbons (Fsp3) is 0.333. The molecule has 1 aromatic carbocycles. The highest BCUT2D eigenvalue weighted by Gasteiger charge is 2.35. The van der Waals surface area contributed by atoms with Crippen molar-refractivity contribution in [3.8, 4) is 0 Å². The van der Waals surface area contributed by atoms with Crippen LogP contribution in [0.5, 0.6) is 0 Å². The first-order chi connectivity index (χ1) is 6.34. The first-order valence-corrected chi connectivity index (χ1v) is 3.95. The van der Waals surface area contributed by atoms with Gasteiger partial charge in [-0.15, -0.1) is 12.4 Å². The smallest absolute Gasteiger partial charge is 0.324 e. The molecule has 0 aliphatic heterocycles. The first-order valence-electron chi connectivity index (χ1n) is 3.95. The first kappa shape index (κ1) is 14.2. The average Bonchev–Trinajstić information content (AvgIpc) is 2.01. The lowest BCUT2D eigenvalue weighted by Crippen LogP contribution is -2.16. The SMILES string of the molecule is C[C@H](N)c1c(F)cccc1C(F)(F)F.Cl. The summed E-state index contributed by atoms with van der Waals surface area (Å²) < 4.78 is 50.2. The predicted octanol–water partition coefficient (Wildman–Crippen LogP) is 3.29. The molecule has 0 aromatic heterocycles. The van der Waals surface area contributed by atoms with Crippen LogP contribution in [0, 0.1) is 5.82 Å². The molecular weight excluding hydrogens is 234 g/mol. The molecule has 6 heteroatoms. The molecule has 0 saturated heterocycles. The molecule has 0 heterocycles. The number of alkyl halides is 3. The van der Waals surface area contributed by atoms with Gasteiger partial charge in [0, 0.05) is 11.6 Å². The zero-order valence-corrected chi connectivity index (χ0v) is 8.62. The van der Waals surface area contributed by atoms with E-state index in [2.05, 4.69) is 0 Å². The lowest BCUT2D eigenvalue weighted by atomic mass is 10.0. The second-order valence-corrected chi connectivity index (χ2v) is 2.99. The molecule has 0 aliphatic rings. The van der Waals surface area contributed by atoms with Crippen molar-refractivity contribution in [1.29, 1.82) is 0 Å². The topological polar surface area (TPSA) is 26.0 Å². The molecule has 0 aliphatic carbocycles. The second kappa shape index (κ2) is 4.81. The zero-order chi connectivity index (χ0) is 10.9. The van der Waals surface area contributed by atoms with Crippen LogP contribution in [-0.2, 0) is 6.18 Å². The maximum absolute atomic E-state index is 13.1. The number of rotatable bonds is 1. The minimum atomic E-state index is -4.56. The molecule has 0 radical (unpaired) electrons. The highest BCUT2D eigenvalue weighted by atomic mass is 35.5. The van der Waals surface area contributed by atoms with Crippen LogP contribution in [0.4, 0.5) is 17.6 Å². The van der Waals surface area contributed by atoms with Crippen LogP contribution in [0.25, 0.3) is 0 Å². The quantitative estimate of drug-likeness (QED) is 0.753. The van der Waals surface area contributed by atoms with E-state index < -0.39 is 29.2 Å². The van der Waals surface area contributed by atoms with E-state index in [1.807, 2.05) is 0 Å². The van der Waals surface area contributed by atoms with E-state index in [9.17, 15) is 17.6 Å². The molecule has 1 rings (SSSR count). The Balaban J connectivity index is 0.00000196. The Bertz CT molecular complexity index is 335. The minimum Gasteiger partial charge on any atom is -0.324 e. The van der Waals surface area contributed by atoms with Gasteiger partial charge in [0.15, 0.2) is 0 Å². The average molecular weight is 244 g/mol. The summed E-state index contributed by atoms with van der Waals surface area (Å²) >= 11 is 0. The second-order valence-electron chi connectivity index (χ2n) is 2.99. The van der Waals surface area contributed by atoms with E-state index in [4.69, 9.17) is 5.73 Å². The molecule has 0 amide bonds. The Morgan fingerprint density at radius 3 is 2.13 bits per heavy atom. The molecule has 0 spiro atoms. The summed E-state index contributed by atoms with van der Waals surface area (Å²) in [7, 11) is 0. The predicted molar refractivity (Wildman–Crippen MR) is 51.3 cm³/mol. The molecule has 1 nitrogen and oxygen atoms in total. The van der Waals surface area contributed by atoms with Crippen LogP contribution in [0.3, 0.4) is 0 Å². The number of hydrogen-bond donors (Lipinski definition) is 1. The summed E-state index contributed by atoms with van der Waals surface area (Å²) in [5.74, 6) is -0.921. The molecule has 1 atom stereocenters. The maximum Gasteiger partial charge on any atom is 0.416 e. The van der Waals surface area contributed by atoms with E-state index in [1.165, 1.54) is 6.92 Å². The van der Waals surface area contributed by atoms with Gasteiger partial charge in [-0.1, -0.05) is 6.07 Å². The molecule has 0 unspecified atom stereocenters. The van der Waals surface area contributed by atoms with Gasteiger partial charge < -0.3 is 5.73 Å². The number of benzene rings is 1. The Morgan fingerprint density at radius 1 is 1.27 bits per heavy atom. The summed E-state index contributed by atoms with van der Waals surface area (Å²) in [6.45, 7) is 1.31. The molecule has 86 valence electrons. The monoisotopic (exact) mass is 243 g/mol. The molecule has 0 fully saturated rings. The fourth-order valence-corrected chi connectivity index (χ4v) is 1.25. The van der Waals surface area contributed by atoms with Crippen LogP contribution in [0.1, 0.15) is 24.1 Å². The van der Waals surface area contributed by atoms with Crippen molar-refractivity contribution in [3.05, 3.63) is 35.1 Å². The summed E-state index contributed by atoms with van der Waals surface area (Å²) in [4.78, 5) is 0. The van der Waals surface area contributed by atoms with E-state index in [0.717, 1.165) is 18.2 Å². The van der Waals surface area contributed by atoms with Gasteiger partial charge in [0.1, 0.15) is 5.82 Å². The Labute approximate surface area is 90.7 Å². The normalized spacial score (nSPS) is 13.2. The maximum atomic E-state index is 13.1. The molecule has 0 saturated carbocycles. The highest BCUT2D eigenvalue weighted by Crippen LogP contribution is 2.35. The van der Waals surface area contributed by atoms with Gasteiger partial charge in [-0.05, 0) is 19.1 Å². The van der Waals surface area contributed by atoms with Gasteiger partial charge in [-0.2, -0.15) is 13.2 Å². The third kappa shape index (κ3) is 3.07. The van der Waals surface area contributed by atoms with Crippen LogP contribution in [-0.4, -0.2) is 0 Å². The van der Waals surface area contributed by atoms with Crippen molar-refractivity contribution < 1.29 is 17.6 Å². The largest absolute Gasteiger partial charge is 0.416 e. The zero-order valence-electron chi connectivity index (χ0n) is 7.81. The Hall–Kier alpha value is -0.810. The third-order valence-electron chi connectivity index (χ3n) is 1.81. The van der Waals surface area contributed by atoms with Crippen LogP contribution in [0.2, 0.25) is 0 Å². The van der Waals surface area contributed by atoms with Crippen molar-refractivity contribution in [2.24, 2.45) is 5.73 Å². The van der Waals surface area contributed by atoms with E-state index in [1.54, 1.807) is 0 Å². The van der Waals surface area contributed by atoms with Gasteiger partial charge in [0.25, 0.3) is 0 Å². The molecule has 1 aromatic rings. The van der Waals surface area contributed by atoms with E-state index >= 15 is 0 Å². The van der Waals surface area contributed by atoms with Gasteiger partial charge >= 0.3 is 6.18 Å². The van der Waals surface area contributed by atoms with Crippen LogP contribution in [0.15, 0.2) is 18.2 Å². The molecular formula is C9H10ClF4N. The molecule has 0 bridgehead atoms. The summed E-state index contributed by atoms with van der Waals surface area (Å²) in [6, 6.07) is 1.83. The Kier molecular flexibility index (Phi) is 4.55. The van der Waals surface area contributed by atoms with Crippen molar-refractivity contribution >= 4 is 12.4 Å². The van der Waals surface area contributed by atoms with Gasteiger partial charge in [0.2, 0.25) is 0 Å². The summed E-state index contributed by atoms with van der Waals surface area (Å²) in [6.07, 6.45) is -4.56. The fourth-order valence-electron chi connectivity index (χ4n) is 1.25. The molecule has 2 N–H and O–H groups in total. The third-order valence-corrected chi connectivity index (χ3v) is 1.81. The van der Waals surface area contributed by atoms with Crippen LogP contribution < -0.4 is 5.73 Å². The van der Waals surface area contributed by atoms with E-state index in [0.29, 0.717) is 0 Å². The number of nitrogens with two attached hydrogens (primary N) is 1. The van der Waals surface area contributed by atoms with E-state index in [-0.39, 0.29) is 12.4 Å². The summed E-state index contributed by atoms with van der Waals surface area (Å²) in [5, 5.41) is 0. The van der Waals surface area contributed by atoms with Gasteiger partial charge in [-0.3, -0.25) is 0 Å². The standard InChI is InChI=1S/C9H9F4N.ClH/c1-5(14)8-6(9(11,12)13)3-2-4-7(8)10;/h2-5H,14H2,1H3;1H/t5-;/m0./s1. The van der Waals surface area contributed by atoms with Gasteiger partial charge in [-0.25, -0.2) is 4.39 Å². The highest BCUT2D eigenvalue weighted by molar-refractivity contribution is 5.85. The number of halogens is 5. The lowest BCUT2D eigenvalue weighted by Gasteiger charge is -2.15. The minimum absolute atomic E-state index is 0. The van der Waals surface area contributed by atoms with Gasteiger partial charge in [0.05, 0.1) is 5.56 Å². The van der Waals surface area contributed by atoms with Crippen molar-refractivity contribution in [1.82, 2.24) is 0 Å². The Morgan fingerprint density at radius 2 is 1.80 bits per heavy atom. The van der Waals surface area contributed by atoms with Crippen molar-refractivity contribution in [2.45, 2.75) is 19.1 Å². The molecule has 15 heavy (non-hydrogen) atoms. The summed E-state index contributed by atoms with van der Waals surface area (Å²) in [5.41, 5.74) is 3.78. The lowest BCUT2D eigenvalue weighted by molar-refractivity contribution is -0.138. The van der Waals surface area contributed by atoms with Crippen molar-refractivity contribution in [3.63, 3.8) is 0 Å². The van der Waals surface area contributed by atoms with Crippen molar-refractivity contribution in [2.75, 3.05) is 0 Å². The van der Waals surface area contributed by atoms with Crippen LogP contribution >= 0.6 is 12.4 Å².